The lowest BCUT2D eigenvalue weighted by molar-refractivity contribution is -0.0890. The first kappa shape index (κ1) is 8.76. The van der Waals surface area contributed by atoms with E-state index in [-0.39, 0.29) is 0 Å². The highest BCUT2D eigenvalue weighted by atomic mass is 19.4. The fourth-order valence-electron chi connectivity index (χ4n) is 0.721. The smallest absolute Gasteiger partial charge is 0.331 e. The number of imidazole rings is 1. The molecule has 0 radical (unpaired) electrons. The molecule has 12 heavy (non-hydrogen) atoms. The predicted octanol–water partition coefficient (Wildman–Crippen LogP) is 1.17. The van der Waals surface area contributed by atoms with E-state index in [0.29, 0.717) is 0 Å². The van der Waals surface area contributed by atoms with Crippen molar-refractivity contribution < 1.29 is 18.0 Å². The van der Waals surface area contributed by atoms with Crippen LogP contribution in [-0.4, -0.2) is 21.5 Å². The number of rotatable bonds is 1. The molecule has 0 bridgehead atoms. The predicted molar refractivity (Wildman–Crippen MR) is 33.6 cm³/mol. The zero-order valence-corrected chi connectivity index (χ0v) is 6.09. The van der Waals surface area contributed by atoms with Gasteiger partial charge < -0.3 is 4.57 Å². The zero-order chi connectivity index (χ0) is 9.35. The van der Waals surface area contributed by atoms with Gasteiger partial charge in [-0.15, -0.1) is 0 Å². The number of alkyl halides is 3. The van der Waals surface area contributed by atoms with Crippen LogP contribution in [0, 0.1) is 0 Å². The van der Waals surface area contributed by atoms with E-state index in [4.69, 9.17) is 0 Å². The van der Waals surface area contributed by atoms with Crippen LogP contribution in [0.4, 0.5) is 13.2 Å². The summed E-state index contributed by atoms with van der Waals surface area (Å²) < 4.78 is 36.4. The average Bonchev–Trinajstić information content (AvgIpc) is 2.31. The third-order valence-electron chi connectivity index (χ3n) is 1.31. The topological polar surface area (TPSA) is 34.9 Å². The van der Waals surface area contributed by atoms with E-state index in [1.165, 1.54) is 7.05 Å². The normalized spacial score (nSPS) is 11.7. The summed E-state index contributed by atoms with van der Waals surface area (Å²) >= 11 is 0. The van der Waals surface area contributed by atoms with Gasteiger partial charge in [-0.2, -0.15) is 13.2 Å². The maximum absolute atomic E-state index is 11.8. The first-order chi connectivity index (χ1) is 5.43. The van der Waals surface area contributed by atoms with E-state index in [9.17, 15) is 18.0 Å². The number of hydrogen-bond acceptors (Lipinski definition) is 2. The van der Waals surface area contributed by atoms with Gasteiger partial charge in [0.1, 0.15) is 5.69 Å². The van der Waals surface area contributed by atoms with Crippen LogP contribution < -0.4 is 0 Å². The lowest BCUT2D eigenvalue weighted by Crippen LogP contribution is -2.24. The largest absolute Gasteiger partial charge is 0.456 e. The van der Waals surface area contributed by atoms with E-state index in [1.807, 2.05) is 0 Å². The Bertz CT molecular complexity index is 302. The summed E-state index contributed by atoms with van der Waals surface area (Å²) in [5.74, 6) is -1.87. The second kappa shape index (κ2) is 2.62. The summed E-state index contributed by atoms with van der Waals surface area (Å²) in [4.78, 5) is 14.0. The van der Waals surface area contributed by atoms with Crippen molar-refractivity contribution >= 4 is 5.78 Å². The van der Waals surface area contributed by atoms with Crippen molar-refractivity contribution in [1.29, 1.82) is 0 Å². The van der Waals surface area contributed by atoms with E-state index in [2.05, 4.69) is 4.98 Å². The van der Waals surface area contributed by atoms with E-state index in [0.717, 1.165) is 17.1 Å². The Morgan fingerprint density at radius 3 is 2.50 bits per heavy atom. The molecule has 0 aliphatic carbocycles. The quantitative estimate of drug-likeness (QED) is 0.605. The molecule has 0 atom stereocenters. The minimum absolute atomic E-state index is 0.456. The van der Waals surface area contributed by atoms with Gasteiger partial charge in [0.2, 0.25) is 0 Å². The highest BCUT2D eigenvalue weighted by molar-refractivity contribution is 5.98. The minimum Gasteiger partial charge on any atom is -0.331 e. The molecule has 0 unspecified atom stereocenters. The Balaban J connectivity index is 3.01. The van der Waals surface area contributed by atoms with E-state index < -0.39 is 17.7 Å². The number of nitrogens with zero attached hydrogens (tertiary/aromatic N) is 2. The van der Waals surface area contributed by atoms with Crippen LogP contribution in [0.15, 0.2) is 12.5 Å². The Labute approximate surface area is 65.8 Å². The third kappa shape index (κ3) is 1.46. The Hall–Kier alpha value is -1.33. The Kier molecular flexibility index (Phi) is 1.91. The highest BCUT2D eigenvalue weighted by Gasteiger charge is 2.40. The third-order valence-corrected chi connectivity index (χ3v) is 1.31. The van der Waals surface area contributed by atoms with Crippen LogP contribution >= 0.6 is 0 Å². The fourth-order valence-corrected chi connectivity index (χ4v) is 0.721. The summed E-state index contributed by atoms with van der Waals surface area (Å²) in [6.45, 7) is 0. The lowest BCUT2D eigenvalue weighted by Gasteiger charge is -2.04. The molecule has 0 aromatic carbocycles. The minimum atomic E-state index is -4.83. The number of Topliss-reactive ketones (excluding diaryl/α,β-unsaturated/α-hetero) is 1. The molecule has 1 heterocycles. The summed E-state index contributed by atoms with van der Waals surface area (Å²) in [6.07, 6.45) is -2.80. The van der Waals surface area contributed by atoms with Crippen molar-refractivity contribution in [2.75, 3.05) is 0 Å². The number of carbonyl (C=O) groups is 1. The fraction of sp³-hybridized carbons (Fsp3) is 0.333. The summed E-state index contributed by atoms with van der Waals surface area (Å²) in [5, 5.41) is 0. The van der Waals surface area contributed by atoms with Crippen molar-refractivity contribution in [3.05, 3.63) is 18.2 Å². The van der Waals surface area contributed by atoms with Crippen molar-refractivity contribution in [2.24, 2.45) is 7.05 Å². The lowest BCUT2D eigenvalue weighted by atomic mass is 10.3. The molecule has 0 aliphatic heterocycles. The molecule has 1 aromatic heterocycles. The summed E-state index contributed by atoms with van der Waals surface area (Å²) in [6, 6.07) is 0. The molecule has 0 saturated heterocycles. The summed E-state index contributed by atoms with van der Waals surface area (Å²) in [7, 11) is 1.33. The first-order valence-corrected chi connectivity index (χ1v) is 3.01. The van der Waals surface area contributed by atoms with Crippen molar-refractivity contribution in [3.63, 3.8) is 0 Å². The van der Waals surface area contributed by atoms with E-state index in [1.54, 1.807) is 0 Å². The van der Waals surface area contributed by atoms with Crippen molar-refractivity contribution in [3.8, 4) is 0 Å². The number of ketones is 1. The number of halogens is 3. The molecular formula is C6H5F3N2O. The molecule has 0 aliphatic rings. The Morgan fingerprint density at radius 1 is 1.58 bits per heavy atom. The number of aryl methyl sites for hydroxylation is 1. The molecule has 3 nitrogen and oxygen atoms in total. The van der Waals surface area contributed by atoms with Gasteiger partial charge in [0.15, 0.2) is 0 Å². The molecule has 0 fully saturated rings. The highest BCUT2D eigenvalue weighted by Crippen LogP contribution is 2.20. The van der Waals surface area contributed by atoms with E-state index >= 15 is 0 Å². The first-order valence-electron chi connectivity index (χ1n) is 3.01. The van der Waals surface area contributed by atoms with Gasteiger partial charge in [-0.25, -0.2) is 4.98 Å². The molecule has 1 rings (SSSR count). The van der Waals surface area contributed by atoms with Gasteiger partial charge in [-0.3, -0.25) is 4.79 Å². The van der Waals surface area contributed by atoms with Gasteiger partial charge in [0.05, 0.1) is 12.5 Å². The van der Waals surface area contributed by atoms with Gasteiger partial charge in [-0.05, 0) is 0 Å². The van der Waals surface area contributed by atoms with Gasteiger partial charge in [-0.1, -0.05) is 0 Å². The Morgan fingerprint density at radius 2 is 2.17 bits per heavy atom. The number of aromatic nitrogens is 2. The summed E-state index contributed by atoms with van der Waals surface area (Å²) in [5.41, 5.74) is -0.456. The van der Waals surface area contributed by atoms with Crippen LogP contribution in [0.1, 0.15) is 10.5 Å². The second-order valence-corrected chi connectivity index (χ2v) is 2.22. The van der Waals surface area contributed by atoms with Gasteiger partial charge in [0.25, 0.3) is 5.78 Å². The van der Waals surface area contributed by atoms with Crippen LogP contribution in [0.25, 0.3) is 0 Å². The van der Waals surface area contributed by atoms with Crippen LogP contribution in [0.5, 0.6) is 0 Å². The SMILES string of the molecule is Cn1cncc1C(=O)C(F)(F)F. The second-order valence-electron chi connectivity index (χ2n) is 2.22. The van der Waals surface area contributed by atoms with Crippen LogP contribution in [-0.2, 0) is 7.05 Å². The van der Waals surface area contributed by atoms with Gasteiger partial charge in [0, 0.05) is 7.05 Å². The average molecular weight is 178 g/mol. The zero-order valence-electron chi connectivity index (χ0n) is 6.09. The molecule has 0 amide bonds. The molecule has 0 N–H and O–H groups in total. The van der Waals surface area contributed by atoms with Crippen LogP contribution in [0.3, 0.4) is 0 Å². The van der Waals surface area contributed by atoms with Crippen molar-refractivity contribution in [2.45, 2.75) is 6.18 Å². The molecular weight excluding hydrogens is 173 g/mol. The van der Waals surface area contributed by atoms with Crippen molar-refractivity contribution in [1.82, 2.24) is 9.55 Å². The molecule has 66 valence electrons. The molecule has 0 saturated carbocycles. The molecule has 0 spiro atoms. The molecule has 1 aromatic rings. The monoisotopic (exact) mass is 178 g/mol. The van der Waals surface area contributed by atoms with Crippen LogP contribution in [0.2, 0.25) is 0 Å². The maximum atomic E-state index is 11.8. The number of hydrogen-bond donors (Lipinski definition) is 0. The molecule has 6 heteroatoms. The number of carbonyl (C=O) groups excluding carboxylic acids is 1. The standard InChI is InChI=1S/C6H5F3N2O/c1-11-3-10-2-4(11)5(12)6(7,8)9/h2-3H,1H3. The van der Waals surface area contributed by atoms with Gasteiger partial charge >= 0.3 is 6.18 Å². The maximum Gasteiger partial charge on any atom is 0.456 e.